The number of rotatable bonds is 5. The van der Waals surface area contributed by atoms with E-state index in [9.17, 15) is 0 Å². The summed E-state index contributed by atoms with van der Waals surface area (Å²) in [5.74, 6) is 0.760. The van der Waals surface area contributed by atoms with E-state index in [0.29, 0.717) is 6.04 Å². The van der Waals surface area contributed by atoms with Crippen LogP contribution in [0.25, 0.3) is 0 Å². The number of hydrogen-bond donors (Lipinski definition) is 1. The number of nitrogens with two attached hydrogens (primary N) is 1. The van der Waals surface area contributed by atoms with Gasteiger partial charge in [0.1, 0.15) is 0 Å². The van der Waals surface area contributed by atoms with Gasteiger partial charge in [-0.2, -0.15) is 0 Å². The normalized spacial score (nSPS) is 19.9. The first-order valence-electron chi connectivity index (χ1n) is 7.31. The Morgan fingerprint density at radius 2 is 1.89 bits per heavy atom. The lowest BCUT2D eigenvalue weighted by Gasteiger charge is -2.37. The molecule has 100 valence electrons. The summed E-state index contributed by atoms with van der Waals surface area (Å²) in [7, 11) is 0. The van der Waals surface area contributed by atoms with Crippen molar-refractivity contribution in [3.8, 4) is 0 Å². The molecule has 18 heavy (non-hydrogen) atoms. The Labute approximate surface area is 111 Å². The van der Waals surface area contributed by atoms with E-state index in [0.717, 1.165) is 12.5 Å². The van der Waals surface area contributed by atoms with Crippen molar-refractivity contribution in [2.45, 2.75) is 38.6 Å². The van der Waals surface area contributed by atoms with E-state index in [1.54, 1.807) is 0 Å². The highest BCUT2D eigenvalue weighted by Crippen LogP contribution is 2.21. The lowest BCUT2D eigenvalue weighted by molar-refractivity contribution is 0.130. The number of nitrogens with zero attached hydrogens (tertiary/aromatic N) is 1. The maximum Gasteiger partial charge on any atom is 0.0133 e. The summed E-state index contributed by atoms with van der Waals surface area (Å²) in [4.78, 5) is 2.67. The second-order valence-corrected chi connectivity index (χ2v) is 5.47. The third-order valence-corrected chi connectivity index (χ3v) is 4.28. The molecule has 0 amide bonds. The smallest absolute Gasteiger partial charge is 0.0133 e. The van der Waals surface area contributed by atoms with Crippen LogP contribution in [-0.4, -0.2) is 30.6 Å². The molecule has 1 aliphatic rings. The van der Waals surface area contributed by atoms with Crippen LogP contribution in [0.4, 0.5) is 0 Å². The van der Waals surface area contributed by atoms with E-state index in [1.165, 1.54) is 44.3 Å². The van der Waals surface area contributed by atoms with Crippen molar-refractivity contribution < 1.29 is 0 Å². The van der Waals surface area contributed by atoms with Crippen LogP contribution in [0, 0.1) is 5.92 Å². The van der Waals surface area contributed by atoms with Crippen LogP contribution in [0.15, 0.2) is 30.3 Å². The summed E-state index contributed by atoms with van der Waals surface area (Å²) in [6.07, 6.45) is 4.98. The summed E-state index contributed by atoms with van der Waals surface area (Å²) in [6, 6.07) is 11.6. The zero-order valence-electron chi connectivity index (χ0n) is 11.5. The molecule has 0 radical (unpaired) electrons. The van der Waals surface area contributed by atoms with Gasteiger partial charge in [-0.05, 0) is 56.8 Å². The van der Waals surface area contributed by atoms with E-state index in [1.807, 2.05) is 0 Å². The van der Waals surface area contributed by atoms with E-state index in [-0.39, 0.29) is 0 Å². The van der Waals surface area contributed by atoms with Crippen molar-refractivity contribution in [3.05, 3.63) is 35.9 Å². The summed E-state index contributed by atoms with van der Waals surface area (Å²) >= 11 is 0. The van der Waals surface area contributed by atoms with Crippen LogP contribution in [0.3, 0.4) is 0 Å². The van der Waals surface area contributed by atoms with Crippen molar-refractivity contribution in [3.63, 3.8) is 0 Å². The fourth-order valence-electron chi connectivity index (χ4n) is 2.97. The van der Waals surface area contributed by atoms with Gasteiger partial charge in [-0.3, -0.25) is 0 Å². The number of hydrogen-bond acceptors (Lipinski definition) is 2. The molecule has 1 aliphatic heterocycles. The highest BCUT2D eigenvalue weighted by Gasteiger charge is 2.23. The minimum absolute atomic E-state index is 0.700. The van der Waals surface area contributed by atoms with Crippen molar-refractivity contribution in [1.29, 1.82) is 0 Å². The first-order valence-corrected chi connectivity index (χ1v) is 7.31. The van der Waals surface area contributed by atoms with Crippen LogP contribution < -0.4 is 5.73 Å². The second kappa shape index (κ2) is 6.91. The summed E-state index contributed by atoms with van der Waals surface area (Å²) < 4.78 is 0. The van der Waals surface area contributed by atoms with Crippen LogP contribution >= 0.6 is 0 Å². The third-order valence-electron chi connectivity index (χ3n) is 4.28. The predicted octanol–water partition coefficient (Wildman–Crippen LogP) is 2.68. The Hall–Kier alpha value is -0.860. The maximum absolute atomic E-state index is 5.76. The number of piperidine rings is 1. The molecule has 1 aromatic carbocycles. The molecule has 2 nitrogen and oxygen atoms in total. The Morgan fingerprint density at radius 1 is 1.22 bits per heavy atom. The van der Waals surface area contributed by atoms with Crippen LogP contribution in [0.1, 0.15) is 31.7 Å². The summed E-state index contributed by atoms with van der Waals surface area (Å²) in [5, 5.41) is 0. The molecule has 0 aromatic heterocycles. The van der Waals surface area contributed by atoms with E-state index in [4.69, 9.17) is 5.73 Å². The van der Waals surface area contributed by atoms with Crippen LogP contribution in [-0.2, 0) is 6.42 Å². The molecule has 0 spiro atoms. The first-order chi connectivity index (χ1) is 8.83. The van der Waals surface area contributed by atoms with Crippen molar-refractivity contribution in [2.75, 3.05) is 19.6 Å². The molecule has 1 heterocycles. The zero-order chi connectivity index (χ0) is 12.8. The molecule has 1 unspecified atom stereocenters. The molecule has 0 bridgehead atoms. The van der Waals surface area contributed by atoms with E-state index < -0.39 is 0 Å². The van der Waals surface area contributed by atoms with Gasteiger partial charge in [-0.25, -0.2) is 0 Å². The molecule has 1 saturated heterocycles. The van der Waals surface area contributed by atoms with Crippen LogP contribution in [0.5, 0.6) is 0 Å². The monoisotopic (exact) mass is 246 g/mol. The molecule has 1 aromatic rings. The maximum atomic E-state index is 5.76. The fraction of sp³-hybridized carbons (Fsp3) is 0.625. The van der Waals surface area contributed by atoms with Gasteiger partial charge in [0, 0.05) is 6.04 Å². The minimum atomic E-state index is 0.700. The van der Waals surface area contributed by atoms with Crippen LogP contribution in [0.2, 0.25) is 0 Å². The SMILES string of the molecule is CCC(Cc1ccccc1)N1CCC(CN)CC1. The Balaban J connectivity index is 1.89. The van der Waals surface area contributed by atoms with Gasteiger partial charge in [0.15, 0.2) is 0 Å². The highest BCUT2D eigenvalue weighted by atomic mass is 15.2. The molecule has 0 aliphatic carbocycles. The number of benzene rings is 1. The van der Waals surface area contributed by atoms with E-state index >= 15 is 0 Å². The first kappa shape index (κ1) is 13.6. The van der Waals surface area contributed by atoms with Crippen molar-refractivity contribution in [1.82, 2.24) is 4.90 Å². The van der Waals surface area contributed by atoms with Gasteiger partial charge in [-0.15, -0.1) is 0 Å². The zero-order valence-corrected chi connectivity index (χ0v) is 11.5. The highest BCUT2D eigenvalue weighted by molar-refractivity contribution is 5.16. The molecule has 1 atom stereocenters. The molecule has 2 heteroatoms. The molecule has 1 fully saturated rings. The van der Waals surface area contributed by atoms with Gasteiger partial charge in [-0.1, -0.05) is 37.3 Å². The molecule has 0 saturated carbocycles. The molecular weight excluding hydrogens is 220 g/mol. The second-order valence-electron chi connectivity index (χ2n) is 5.47. The lowest BCUT2D eigenvalue weighted by atomic mass is 9.94. The Kier molecular flexibility index (Phi) is 5.21. The molecular formula is C16H26N2. The average molecular weight is 246 g/mol. The molecule has 2 N–H and O–H groups in total. The predicted molar refractivity (Wildman–Crippen MR) is 77.6 cm³/mol. The molecule has 2 rings (SSSR count). The minimum Gasteiger partial charge on any atom is -0.330 e. The van der Waals surface area contributed by atoms with Gasteiger partial charge < -0.3 is 10.6 Å². The average Bonchev–Trinajstić information content (AvgIpc) is 2.46. The summed E-state index contributed by atoms with van der Waals surface area (Å²) in [5.41, 5.74) is 7.23. The van der Waals surface area contributed by atoms with Gasteiger partial charge in [0.05, 0.1) is 0 Å². The third kappa shape index (κ3) is 3.56. The van der Waals surface area contributed by atoms with Gasteiger partial charge >= 0.3 is 0 Å². The Morgan fingerprint density at radius 3 is 2.44 bits per heavy atom. The largest absolute Gasteiger partial charge is 0.330 e. The van der Waals surface area contributed by atoms with E-state index in [2.05, 4.69) is 42.2 Å². The van der Waals surface area contributed by atoms with Gasteiger partial charge in [0.25, 0.3) is 0 Å². The van der Waals surface area contributed by atoms with Crippen molar-refractivity contribution >= 4 is 0 Å². The van der Waals surface area contributed by atoms with Gasteiger partial charge in [0.2, 0.25) is 0 Å². The summed E-state index contributed by atoms with van der Waals surface area (Å²) in [6.45, 7) is 5.63. The fourth-order valence-corrected chi connectivity index (χ4v) is 2.97. The quantitative estimate of drug-likeness (QED) is 0.865. The topological polar surface area (TPSA) is 29.3 Å². The lowest BCUT2D eigenvalue weighted by Crippen LogP contribution is -2.43. The Bertz CT molecular complexity index is 328. The standard InChI is InChI=1S/C16H26N2/c1-2-16(12-14-6-4-3-5-7-14)18-10-8-15(13-17)9-11-18/h3-7,15-16H,2,8-13,17H2,1H3. The number of likely N-dealkylation sites (tertiary alicyclic amines) is 1. The van der Waals surface area contributed by atoms with Crippen molar-refractivity contribution in [2.24, 2.45) is 11.7 Å².